The first-order valence-corrected chi connectivity index (χ1v) is 11.7. The zero-order chi connectivity index (χ0) is 23.6. The van der Waals surface area contributed by atoms with Crippen molar-refractivity contribution in [2.75, 3.05) is 31.6 Å². The molecule has 2 aromatic heterocycles. The summed E-state index contributed by atoms with van der Waals surface area (Å²) in [5, 5.41) is 13.8. The summed E-state index contributed by atoms with van der Waals surface area (Å²) in [4.78, 5) is 22.8. The molecule has 2 saturated heterocycles. The van der Waals surface area contributed by atoms with E-state index in [9.17, 15) is 9.90 Å². The van der Waals surface area contributed by atoms with E-state index in [0.717, 1.165) is 12.8 Å². The fourth-order valence-electron chi connectivity index (χ4n) is 4.02. The Balaban J connectivity index is 1.41. The van der Waals surface area contributed by atoms with E-state index in [2.05, 4.69) is 15.3 Å². The molecule has 0 bridgehead atoms. The molecular weight excluding hydrogens is 448 g/mol. The monoisotopic (exact) mass is 478 g/mol. The van der Waals surface area contributed by atoms with E-state index in [1.165, 1.54) is 0 Å². The molecular formula is C23H31ClN4O5. The first-order valence-electron chi connectivity index (χ1n) is 11.3. The molecule has 0 spiro atoms. The van der Waals surface area contributed by atoms with Gasteiger partial charge in [0, 0.05) is 37.4 Å². The van der Waals surface area contributed by atoms with Crippen LogP contribution in [0.4, 0.5) is 10.6 Å². The quantitative estimate of drug-likeness (QED) is 0.676. The van der Waals surface area contributed by atoms with Crippen molar-refractivity contribution in [3.8, 4) is 11.3 Å². The van der Waals surface area contributed by atoms with E-state index >= 15 is 0 Å². The van der Waals surface area contributed by atoms with E-state index in [4.69, 9.17) is 25.5 Å². The Labute approximate surface area is 198 Å². The number of ether oxygens (including phenoxy) is 2. The second-order valence-corrected chi connectivity index (χ2v) is 9.94. The van der Waals surface area contributed by atoms with E-state index in [0.29, 0.717) is 60.8 Å². The number of amides is 1. The van der Waals surface area contributed by atoms with Crippen molar-refractivity contribution in [1.82, 2.24) is 14.9 Å². The van der Waals surface area contributed by atoms with Gasteiger partial charge >= 0.3 is 6.09 Å². The summed E-state index contributed by atoms with van der Waals surface area (Å²) in [5.74, 6) is 1.91. The Bertz CT molecular complexity index is 968. The molecule has 2 N–H and O–H groups in total. The summed E-state index contributed by atoms with van der Waals surface area (Å²) in [6.07, 6.45) is 4.54. The van der Waals surface area contributed by atoms with Crippen LogP contribution >= 0.6 is 11.6 Å². The van der Waals surface area contributed by atoms with Crippen molar-refractivity contribution < 1.29 is 23.8 Å². The number of aliphatic hydroxyl groups is 1. The fraction of sp³-hybridized carbons (Fsp3) is 0.609. The van der Waals surface area contributed by atoms with Gasteiger partial charge in [-0.1, -0.05) is 11.6 Å². The van der Waals surface area contributed by atoms with Gasteiger partial charge in [0.2, 0.25) is 0 Å². The van der Waals surface area contributed by atoms with E-state index in [1.54, 1.807) is 23.4 Å². The summed E-state index contributed by atoms with van der Waals surface area (Å²) in [6.45, 7) is 7.67. The van der Waals surface area contributed by atoms with Crippen LogP contribution in [0.25, 0.3) is 11.3 Å². The van der Waals surface area contributed by atoms with Gasteiger partial charge in [0.25, 0.3) is 0 Å². The Morgan fingerprint density at radius 1 is 1.24 bits per heavy atom. The number of likely N-dealkylation sites (tertiary alicyclic amines) is 1. The zero-order valence-electron chi connectivity index (χ0n) is 19.2. The number of carbonyl (C=O) groups is 1. The molecule has 0 aromatic carbocycles. The Kier molecular flexibility index (Phi) is 7.11. The fourth-order valence-corrected chi connectivity index (χ4v) is 4.22. The second-order valence-electron chi connectivity index (χ2n) is 9.54. The first kappa shape index (κ1) is 23.8. The highest BCUT2D eigenvalue weighted by Gasteiger charge is 2.30. The maximum absolute atomic E-state index is 12.3. The van der Waals surface area contributed by atoms with Crippen molar-refractivity contribution in [2.24, 2.45) is 0 Å². The number of nitrogens with zero attached hydrogens (tertiary/aromatic N) is 3. The van der Waals surface area contributed by atoms with Gasteiger partial charge in [-0.25, -0.2) is 14.8 Å². The lowest BCUT2D eigenvalue weighted by Crippen LogP contribution is -2.42. The minimum absolute atomic E-state index is 0.119. The van der Waals surface area contributed by atoms with Crippen molar-refractivity contribution in [2.45, 2.75) is 63.7 Å². The third-order valence-corrected chi connectivity index (χ3v) is 6.10. The number of halogens is 1. The predicted octanol–water partition coefficient (Wildman–Crippen LogP) is 4.07. The molecule has 10 heteroatoms. The average molecular weight is 479 g/mol. The number of rotatable bonds is 4. The summed E-state index contributed by atoms with van der Waals surface area (Å²) in [6, 6.07) is 1.67. The molecule has 180 valence electrons. The van der Waals surface area contributed by atoms with Crippen LogP contribution in [0.2, 0.25) is 5.02 Å². The molecule has 33 heavy (non-hydrogen) atoms. The maximum Gasteiger partial charge on any atom is 0.410 e. The van der Waals surface area contributed by atoms with Crippen LogP contribution in [0.15, 0.2) is 22.9 Å². The van der Waals surface area contributed by atoms with Gasteiger partial charge in [-0.05, 0) is 46.1 Å². The minimum Gasteiger partial charge on any atom is -0.444 e. The zero-order valence-corrected chi connectivity index (χ0v) is 20.0. The lowest BCUT2D eigenvalue weighted by atomic mass is 9.97. The van der Waals surface area contributed by atoms with Crippen LogP contribution in [-0.2, 0) is 9.47 Å². The van der Waals surface area contributed by atoms with E-state index in [-0.39, 0.29) is 18.1 Å². The van der Waals surface area contributed by atoms with Crippen molar-refractivity contribution in [3.63, 3.8) is 0 Å². The Hall–Kier alpha value is -2.36. The Morgan fingerprint density at radius 2 is 2.00 bits per heavy atom. The van der Waals surface area contributed by atoms with Crippen molar-refractivity contribution >= 4 is 23.5 Å². The summed E-state index contributed by atoms with van der Waals surface area (Å²) < 4.78 is 16.8. The second kappa shape index (κ2) is 9.87. The van der Waals surface area contributed by atoms with Gasteiger partial charge in [-0.3, -0.25) is 0 Å². The molecule has 2 fully saturated rings. The Morgan fingerprint density at radius 3 is 2.70 bits per heavy atom. The van der Waals surface area contributed by atoms with Crippen LogP contribution in [0.1, 0.15) is 51.8 Å². The van der Waals surface area contributed by atoms with Crippen LogP contribution in [0, 0.1) is 0 Å². The third-order valence-electron chi connectivity index (χ3n) is 5.80. The highest BCUT2D eigenvalue weighted by molar-refractivity contribution is 6.33. The highest BCUT2D eigenvalue weighted by Crippen LogP contribution is 2.34. The molecule has 0 unspecified atom stereocenters. The molecule has 2 atom stereocenters. The number of piperidine rings is 1. The molecule has 4 rings (SSSR count). The lowest BCUT2D eigenvalue weighted by Gasteiger charge is -2.32. The van der Waals surface area contributed by atoms with Gasteiger partial charge in [0.1, 0.15) is 11.4 Å². The van der Waals surface area contributed by atoms with Gasteiger partial charge in [-0.2, -0.15) is 0 Å². The topological polar surface area (TPSA) is 110 Å². The minimum atomic E-state index is -0.594. The van der Waals surface area contributed by atoms with Crippen molar-refractivity contribution in [1.29, 1.82) is 0 Å². The predicted molar refractivity (Wildman–Crippen MR) is 123 cm³/mol. The largest absolute Gasteiger partial charge is 0.444 e. The number of nitrogens with one attached hydrogen (secondary N) is 1. The number of hydrogen-bond donors (Lipinski definition) is 2. The van der Waals surface area contributed by atoms with Gasteiger partial charge in [0.15, 0.2) is 11.7 Å². The number of anilines is 1. The molecule has 0 radical (unpaired) electrons. The molecule has 9 nitrogen and oxygen atoms in total. The number of aliphatic hydroxyl groups excluding tert-OH is 1. The van der Waals surface area contributed by atoms with Crippen LogP contribution < -0.4 is 5.32 Å². The summed E-state index contributed by atoms with van der Waals surface area (Å²) >= 11 is 6.40. The molecule has 4 heterocycles. The van der Waals surface area contributed by atoms with Crippen LogP contribution in [0.5, 0.6) is 0 Å². The number of pyridine rings is 1. The molecule has 2 aliphatic heterocycles. The molecule has 2 aliphatic rings. The van der Waals surface area contributed by atoms with Gasteiger partial charge in [0.05, 0.1) is 30.0 Å². The van der Waals surface area contributed by atoms with Crippen LogP contribution in [-0.4, -0.2) is 70.1 Å². The normalized spacial score (nSPS) is 22.3. The number of hydrogen-bond acceptors (Lipinski definition) is 8. The van der Waals surface area contributed by atoms with Gasteiger partial charge in [-0.15, -0.1) is 0 Å². The molecule has 0 saturated carbocycles. The first-order chi connectivity index (χ1) is 15.7. The third kappa shape index (κ3) is 5.96. The maximum atomic E-state index is 12.3. The number of oxazole rings is 1. The molecule has 1 amide bonds. The standard InChI is InChI=1S/C23H31ClN4O5/c1-23(2,3)33-22(30)28-7-4-14(5-8-28)21-26-12-19(32-21)15-10-20(25-11-16(15)24)27-17-6-9-31-13-18(17)29/h10-12,14,17-18,29H,4-9,13H2,1-3H3,(H,25,27)/t17-,18-/m1/s1. The highest BCUT2D eigenvalue weighted by atomic mass is 35.5. The summed E-state index contributed by atoms with van der Waals surface area (Å²) in [5.41, 5.74) is 0.173. The SMILES string of the molecule is CC(C)(C)OC(=O)N1CCC(c2ncc(-c3cc(N[C@@H]4CCOC[C@H]4O)ncc3Cl)o2)CC1. The average Bonchev–Trinajstić information content (AvgIpc) is 3.25. The van der Waals surface area contributed by atoms with Crippen LogP contribution in [0.3, 0.4) is 0 Å². The van der Waals surface area contributed by atoms with E-state index < -0.39 is 11.7 Å². The number of carbonyl (C=O) groups excluding carboxylic acids is 1. The lowest BCUT2D eigenvalue weighted by molar-refractivity contribution is -0.0135. The van der Waals surface area contributed by atoms with Gasteiger partial charge < -0.3 is 29.2 Å². The van der Waals surface area contributed by atoms with E-state index in [1.807, 2.05) is 20.8 Å². The molecule has 2 aromatic rings. The number of aromatic nitrogens is 2. The smallest absolute Gasteiger partial charge is 0.410 e. The molecule has 0 aliphatic carbocycles. The summed E-state index contributed by atoms with van der Waals surface area (Å²) in [7, 11) is 0. The van der Waals surface area contributed by atoms with Crippen molar-refractivity contribution in [3.05, 3.63) is 29.4 Å².